The summed E-state index contributed by atoms with van der Waals surface area (Å²) in [7, 11) is 2.01. The highest BCUT2D eigenvalue weighted by Crippen LogP contribution is 2.21. The largest absolute Gasteiger partial charge is 0.372 e. The average molecular weight is 229 g/mol. The summed E-state index contributed by atoms with van der Waals surface area (Å²) in [5, 5.41) is 0. The zero-order chi connectivity index (χ0) is 12.3. The molecule has 0 aliphatic carbocycles. The van der Waals surface area contributed by atoms with Crippen molar-refractivity contribution in [2.75, 3.05) is 18.0 Å². The molecule has 0 aliphatic heterocycles. The van der Waals surface area contributed by atoms with Crippen molar-refractivity contribution in [3.63, 3.8) is 0 Å². The van der Waals surface area contributed by atoms with Gasteiger partial charge in [-0.25, -0.2) is 4.98 Å². The van der Waals surface area contributed by atoms with Crippen LogP contribution in [0, 0.1) is 0 Å². The molecule has 1 aromatic heterocycles. The number of anilines is 1. The molecule has 0 bridgehead atoms. The van der Waals surface area contributed by atoms with Gasteiger partial charge in [-0.05, 0) is 38.1 Å². The van der Waals surface area contributed by atoms with E-state index in [1.165, 1.54) is 5.69 Å². The van der Waals surface area contributed by atoms with Gasteiger partial charge in [-0.3, -0.25) is 0 Å². The molecule has 0 amide bonds. The predicted octanol–water partition coefficient (Wildman–Crippen LogP) is 2.93. The maximum absolute atomic E-state index is 4.35. The third kappa shape index (κ3) is 2.33. The minimum Gasteiger partial charge on any atom is -0.372 e. The van der Waals surface area contributed by atoms with Crippen LogP contribution < -0.4 is 4.90 Å². The molecule has 0 aliphatic rings. The van der Waals surface area contributed by atoms with Crippen molar-refractivity contribution in [2.45, 2.75) is 13.8 Å². The molecule has 3 nitrogen and oxygen atoms in total. The summed E-state index contributed by atoms with van der Waals surface area (Å²) in [4.78, 5) is 6.69. The van der Waals surface area contributed by atoms with Crippen LogP contribution in [0.3, 0.4) is 0 Å². The first-order valence-electron chi connectivity index (χ1n) is 6.09. The molecule has 0 atom stereocenters. The molecule has 1 heterocycles. The highest BCUT2D eigenvalue weighted by atomic mass is 15.1. The summed E-state index contributed by atoms with van der Waals surface area (Å²) in [5.74, 6) is 1.01. The SMILES string of the molecule is CCN(CC)c1ccc(-c2nccn2C)cc1. The van der Waals surface area contributed by atoms with Crippen LogP contribution in [-0.4, -0.2) is 22.6 Å². The van der Waals surface area contributed by atoms with Crippen LogP contribution in [0.1, 0.15) is 13.8 Å². The monoisotopic (exact) mass is 229 g/mol. The molecule has 0 fully saturated rings. The van der Waals surface area contributed by atoms with E-state index in [9.17, 15) is 0 Å². The van der Waals surface area contributed by atoms with Crippen LogP contribution in [0.5, 0.6) is 0 Å². The van der Waals surface area contributed by atoms with E-state index in [0.717, 1.165) is 24.5 Å². The molecule has 1 aromatic carbocycles. The second kappa shape index (κ2) is 5.04. The molecule has 0 spiro atoms. The average Bonchev–Trinajstić information content (AvgIpc) is 2.78. The molecule has 17 heavy (non-hydrogen) atoms. The Labute approximate surface area is 103 Å². The van der Waals surface area contributed by atoms with Crippen LogP contribution >= 0.6 is 0 Å². The molecule has 2 rings (SSSR count). The molecule has 3 heteroatoms. The van der Waals surface area contributed by atoms with Gasteiger partial charge in [-0.15, -0.1) is 0 Å². The number of aromatic nitrogens is 2. The van der Waals surface area contributed by atoms with Crippen molar-refractivity contribution in [1.82, 2.24) is 9.55 Å². The van der Waals surface area contributed by atoms with Gasteiger partial charge in [0.25, 0.3) is 0 Å². The Hall–Kier alpha value is -1.77. The first kappa shape index (κ1) is 11.7. The van der Waals surface area contributed by atoms with E-state index < -0.39 is 0 Å². The number of hydrogen-bond donors (Lipinski definition) is 0. The Morgan fingerprint density at radius 2 is 1.76 bits per heavy atom. The number of hydrogen-bond acceptors (Lipinski definition) is 2. The first-order valence-corrected chi connectivity index (χ1v) is 6.09. The summed E-state index contributed by atoms with van der Waals surface area (Å²) >= 11 is 0. The van der Waals surface area contributed by atoms with Gasteiger partial charge in [0.2, 0.25) is 0 Å². The fourth-order valence-electron chi connectivity index (χ4n) is 2.05. The van der Waals surface area contributed by atoms with Crippen molar-refractivity contribution in [2.24, 2.45) is 7.05 Å². The van der Waals surface area contributed by atoms with E-state index >= 15 is 0 Å². The minimum atomic E-state index is 1.01. The molecule has 0 N–H and O–H groups in total. The van der Waals surface area contributed by atoms with E-state index in [4.69, 9.17) is 0 Å². The van der Waals surface area contributed by atoms with E-state index in [0.29, 0.717) is 0 Å². The number of imidazole rings is 1. The Morgan fingerprint density at radius 1 is 1.12 bits per heavy atom. The Bertz CT molecular complexity index is 466. The van der Waals surface area contributed by atoms with Gasteiger partial charge < -0.3 is 9.47 Å². The molecule has 0 radical (unpaired) electrons. The molecular weight excluding hydrogens is 210 g/mol. The van der Waals surface area contributed by atoms with Crippen molar-refractivity contribution in [3.05, 3.63) is 36.7 Å². The van der Waals surface area contributed by atoms with Crippen LogP contribution in [0.2, 0.25) is 0 Å². The zero-order valence-corrected chi connectivity index (χ0v) is 10.7. The van der Waals surface area contributed by atoms with Crippen molar-refractivity contribution < 1.29 is 0 Å². The van der Waals surface area contributed by atoms with Gasteiger partial charge in [-0.2, -0.15) is 0 Å². The Kier molecular flexibility index (Phi) is 3.47. The third-order valence-electron chi connectivity index (χ3n) is 3.08. The highest BCUT2D eigenvalue weighted by Gasteiger charge is 2.05. The maximum atomic E-state index is 4.35. The van der Waals surface area contributed by atoms with Crippen molar-refractivity contribution >= 4 is 5.69 Å². The predicted molar refractivity (Wildman–Crippen MR) is 72.2 cm³/mol. The third-order valence-corrected chi connectivity index (χ3v) is 3.08. The van der Waals surface area contributed by atoms with Crippen LogP contribution in [0.25, 0.3) is 11.4 Å². The molecule has 0 saturated carbocycles. The number of benzene rings is 1. The van der Waals surface area contributed by atoms with Crippen LogP contribution in [0.15, 0.2) is 36.7 Å². The smallest absolute Gasteiger partial charge is 0.139 e. The molecule has 0 unspecified atom stereocenters. The summed E-state index contributed by atoms with van der Waals surface area (Å²) in [6, 6.07) is 8.60. The number of aryl methyl sites for hydroxylation is 1. The lowest BCUT2D eigenvalue weighted by Gasteiger charge is -2.21. The molecule has 90 valence electrons. The minimum absolute atomic E-state index is 1.01. The lowest BCUT2D eigenvalue weighted by Crippen LogP contribution is -2.21. The fourth-order valence-corrected chi connectivity index (χ4v) is 2.05. The van der Waals surface area contributed by atoms with Crippen molar-refractivity contribution in [3.8, 4) is 11.4 Å². The quantitative estimate of drug-likeness (QED) is 0.803. The van der Waals surface area contributed by atoms with Crippen LogP contribution in [-0.2, 0) is 7.05 Å². The lowest BCUT2D eigenvalue weighted by molar-refractivity contribution is 0.866. The Balaban J connectivity index is 2.27. The summed E-state index contributed by atoms with van der Waals surface area (Å²) in [5.41, 5.74) is 2.43. The standard InChI is InChI=1S/C14H19N3/c1-4-17(5-2)13-8-6-12(7-9-13)14-15-10-11-16(14)3/h6-11H,4-5H2,1-3H3. The molecule has 0 saturated heterocycles. The van der Waals surface area contributed by atoms with E-state index in [1.807, 2.05) is 24.0 Å². The zero-order valence-electron chi connectivity index (χ0n) is 10.7. The number of nitrogens with zero attached hydrogens (tertiary/aromatic N) is 3. The summed E-state index contributed by atoms with van der Waals surface area (Å²) in [6.45, 7) is 6.43. The summed E-state index contributed by atoms with van der Waals surface area (Å²) < 4.78 is 2.03. The number of rotatable bonds is 4. The van der Waals surface area contributed by atoms with Gasteiger partial charge in [-0.1, -0.05) is 0 Å². The van der Waals surface area contributed by atoms with Gasteiger partial charge in [0.15, 0.2) is 0 Å². The fraction of sp³-hybridized carbons (Fsp3) is 0.357. The van der Waals surface area contributed by atoms with E-state index in [2.05, 4.69) is 48.0 Å². The van der Waals surface area contributed by atoms with Gasteiger partial charge in [0, 0.05) is 43.8 Å². The second-order valence-corrected chi connectivity index (χ2v) is 4.08. The van der Waals surface area contributed by atoms with E-state index in [-0.39, 0.29) is 0 Å². The van der Waals surface area contributed by atoms with Gasteiger partial charge >= 0.3 is 0 Å². The topological polar surface area (TPSA) is 21.1 Å². The Morgan fingerprint density at radius 3 is 2.24 bits per heavy atom. The van der Waals surface area contributed by atoms with Crippen LogP contribution in [0.4, 0.5) is 5.69 Å². The second-order valence-electron chi connectivity index (χ2n) is 4.08. The molecular formula is C14H19N3. The van der Waals surface area contributed by atoms with Crippen molar-refractivity contribution in [1.29, 1.82) is 0 Å². The van der Waals surface area contributed by atoms with Gasteiger partial charge in [0.05, 0.1) is 0 Å². The lowest BCUT2D eigenvalue weighted by atomic mass is 10.2. The maximum Gasteiger partial charge on any atom is 0.139 e. The normalized spacial score (nSPS) is 10.5. The van der Waals surface area contributed by atoms with Gasteiger partial charge in [0.1, 0.15) is 5.82 Å². The summed E-state index contributed by atoms with van der Waals surface area (Å²) in [6.07, 6.45) is 3.79. The van der Waals surface area contributed by atoms with E-state index in [1.54, 1.807) is 0 Å². The highest BCUT2D eigenvalue weighted by molar-refractivity contribution is 5.60. The first-order chi connectivity index (χ1) is 8.26. The molecule has 2 aromatic rings.